The zero-order valence-corrected chi connectivity index (χ0v) is 20.6. The molecule has 0 atom stereocenters. The highest BCUT2D eigenvalue weighted by atomic mass is 16.7. The third-order valence-corrected chi connectivity index (χ3v) is 5.63. The van der Waals surface area contributed by atoms with Gasteiger partial charge < -0.3 is 14.6 Å². The Kier molecular flexibility index (Phi) is 26.3. The molecule has 3 heteroatoms. The SMILES string of the molecule is CCCCCCCCCOC(CCCC/C=C/CCO)OCCCCCCCCC. The fraction of sp³-hybridized carbons (Fsp3) is 0.926. The number of hydrogen-bond acceptors (Lipinski definition) is 3. The van der Waals surface area contributed by atoms with Crippen LogP contribution >= 0.6 is 0 Å². The summed E-state index contributed by atoms with van der Waals surface area (Å²) in [7, 11) is 0. The van der Waals surface area contributed by atoms with Crippen LogP contribution in [0.1, 0.15) is 136 Å². The van der Waals surface area contributed by atoms with Gasteiger partial charge in [-0.3, -0.25) is 0 Å². The Morgan fingerprint density at radius 1 is 0.567 bits per heavy atom. The van der Waals surface area contributed by atoms with E-state index < -0.39 is 0 Å². The van der Waals surface area contributed by atoms with E-state index in [0.29, 0.717) is 0 Å². The van der Waals surface area contributed by atoms with Crippen molar-refractivity contribution in [3.8, 4) is 0 Å². The summed E-state index contributed by atoms with van der Waals surface area (Å²) in [5.41, 5.74) is 0. The second-order valence-electron chi connectivity index (χ2n) is 8.68. The molecule has 0 fully saturated rings. The summed E-state index contributed by atoms with van der Waals surface area (Å²) >= 11 is 0. The molecular formula is C27H54O3. The van der Waals surface area contributed by atoms with Crippen LogP contribution in [-0.4, -0.2) is 31.2 Å². The summed E-state index contributed by atoms with van der Waals surface area (Å²) in [5, 5.41) is 8.81. The van der Waals surface area contributed by atoms with E-state index >= 15 is 0 Å². The molecule has 0 bridgehead atoms. The summed E-state index contributed by atoms with van der Waals surface area (Å²) in [4.78, 5) is 0. The van der Waals surface area contributed by atoms with E-state index in [1.54, 1.807) is 0 Å². The van der Waals surface area contributed by atoms with Gasteiger partial charge in [0.15, 0.2) is 6.29 Å². The normalized spacial score (nSPS) is 11.9. The van der Waals surface area contributed by atoms with E-state index in [9.17, 15) is 0 Å². The molecule has 0 aliphatic heterocycles. The zero-order chi connectivity index (χ0) is 22.0. The minimum absolute atomic E-state index is 0.0217. The maximum Gasteiger partial charge on any atom is 0.157 e. The molecule has 1 N–H and O–H groups in total. The Morgan fingerprint density at radius 3 is 1.53 bits per heavy atom. The van der Waals surface area contributed by atoms with Crippen LogP contribution in [0.2, 0.25) is 0 Å². The lowest BCUT2D eigenvalue weighted by atomic mass is 10.1. The number of aliphatic hydroxyl groups is 1. The molecule has 0 unspecified atom stereocenters. The molecule has 30 heavy (non-hydrogen) atoms. The van der Waals surface area contributed by atoms with Crippen LogP contribution < -0.4 is 0 Å². The number of aliphatic hydroxyl groups excluding tert-OH is 1. The molecule has 180 valence electrons. The Bertz CT molecular complexity index is 310. The molecule has 0 saturated heterocycles. The number of hydrogen-bond donors (Lipinski definition) is 1. The van der Waals surface area contributed by atoms with Gasteiger partial charge in [0, 0.05) is 19.8 Å². The second kappa shape index (κ2) is 26.7. The van der Waals surface area contributed by atoms with Crippen LogP contribution in [0.25, 0.3) is 0 Å². The zero-order valence-electron chi connectivity index (χ0n) is 20.6. The van der Waals surface area contributed by atoms with Crippen LogP contribution in [0, 0.1) is 0 Å². The lowest BCUT2D eigenvalue weighted by Crippen LogP contribution is -2.19. The first-order chi connectivity index (χ1) is 14.8. The van der Waals surface area contributed by atoms with Gasteiger partial charge in [-0.1, -0.05) is 103 Å². The van der Waals surface area contributed by atoms with Crippen LogP contribution in [0.5, 0.6) is 0 Å². The first-order valence-electron chi connectivity index (χ1n) is 13.3. The first-order valence-corrected chi connectivity index (χ1v) is 13.3. The van der Waals surface area contributed by atoms with E-state index in [-0.39, 0.29) is 12.9 Å². The van der Waals surface area contributed by atoms with E-state index in [1.807, 2.05) is 0 Å². The average molecular weight is 427 g/mol. The maximum absolute atomic E-state index is 8.81. The van der Waals surface area contributed by atoms with Crippen molar-refractivity contribution in [3.05, 3.63) is 12.2 Å². The molecule has 0 heterocycles. The number of ether oxygens (including phenoxy) is 2. The Balaban J connectivity index is 3.86. The topological polar surface area (TPSA) is 38.7 Å². The summed E-state index contributed by atoms with van der Waals surface area (Å²) in [6, 6.07) is 0. The minimum Gasteiger partial charge on any atom is -0.396 e. The van der Waals surface area contributed by atoms with Gasteiger partial charge in [-0.25, -0.2) is 0 Å². The van der Waals surface area contributed by atoms with E-state index in [1.165, 1.54) is 83.5 Å². The van der Waals surface area contributed by atoms with Crippen molar-refractivity contribution in [3.63, 3.8) is 0 Å². The fourth-order valence-electron chi connectivity index (χ4n) is 3.65. The highest BCUT2D eigenvalue weighted by Crippen LogP contribution is 2.13. The monoisotopic (exact) mass is 426 g/mol. The molecule has 0 aliphatic rings. The molecular weight excluding hydrogens is 372 g/mol. The van der Waals surface area contributed by atoms with E-state index in [0.717, 1.165) is 51.7 Å². The summed E-state index contributed by atoms with van der Waals surface area (Å²) in [6.45, 7) is 6.47. The van der Waals surface area contributed by atoms with Gasteiger partial charge in [-0.2, -0.15) is 0 Å². The molecule has 0 amide bonds. The van der Waals surface area contributed by atoms with Crippen LogP contribution in [0.15, 0.2) is 12.2 Å². The number of rotatable bonds is 25. The van der Waals surface area contributed by atoms with Crippen molar-refractivity contribution < 1.29 is 14.6 Å². The van der Waals surface area contributed by atoms with Gasteiger partial charge in [0.1, 0.15) is 0 Å². The van der Waals surface area contributed by atoms with Gasteiger partial charge in [0.05, 0.1) is 0 Å². The Hall–Kier alpha value is -0.380. The number of unbranched alkanes of at least 4 members (excludes halogenated alkanes) is 14. The second-order valence-corrected chi connectivity index (χ2v) is 8.68. The molecule has 0 saturated carbocycles. The van der Waals surface area contributed by atoms with Gasteiger partial charge in [0.25, 0.3) is 0 Å². The van der Waals surface area contributed by atoms with Crippen molar-refractivity contribution in [2.24, 2.45) is 0 Å². The van der Waals surface area contributed by atoms with Gasteiger partial charge >= 0.3 is 0 Å². The molecule has 0 rings (SSSR count). The predicted octanol–water partition coefficient (Wildman–Crippen LogP) is 8.35. The number of allylic oxidation sites excluding steroid dienone is 1. The first kappa shape index (κ1) is 29.6. The van der Waals surface area contributed by atoms with Crippen molar-refractivity contribution in [1.29, 1.82) is 0 Å². The summed E-state index contributed by atoms with van der Waals surface area (Å²) in [6.07, 6.45) is 27.9. The van der Waals surface area contributed by atoms with Crippen molar-refractivity contribution in [2.45, 2.75) is 142 Å². The molecule has 0 aromatic carbocycles. The van der Waals surface area contributed by atoms with Crippen LogP contribution in [0.3, 0.4) is 0 Å². The molecule has 0 spiro atoms. The molecule has 0 aliphatic carbocycles. The van der Waals surface area contributed by atoms with Crippen LogP contribution in [-0.2, 0) is 9.47 Å². The highest BCUT2D eigenvalue weighted by Gasteiger charge is 2.09. The lowest BCUT2D eigenvalue weighted by molar-refractivity contribution is -0.148. The molecule has 0 aromatic heterocycles. The lowest BCUT2D eigenvalue weighted by Gasteiger charge is -2.19. The van der Waals surface area contributed by atoms with Crippen molar-refractivity contribution >= 4 is 0 Å². The predicted molar refractivity (Wildman–Crippen MR) is 131 cm³/mol. The Morgan fingerprint density at radius 2 is 1.03 bits per heavy atom. The largest absolute Gasteiger partial charge is 0.396 e. The molecule has 0 aromatic rings. The van der Waals surface area contributed by atoms with E-state index in [2.05, 4.69) is 26.0 Å². The summed E-state index contributed by atoms with van der Waals surface area (Å²) < 4.78 is 12.2. The van der Waals surface area contributed by atoms with Crippen molar-refractivity contribution in [1.82, 2.24) is 0 Å². The smallest absolute Gasteiger partial charge is 0.157 e. The van der Waals surface area contributed by atoms with Gasteiger partial charge in [0.2, 0.25) is 0 Å². The average Bonchev–Trinajstić information content (AvgIpc) is 2.76. The van der Waals surface area contributed by atoms with Crippen molar-refractivity contribution in [2.75, 3.05) is 19.8 Å². The van der Waals surface area contributed by atoms with E-state index in [4.69, 9.17) is 14.6 Å². The quantitative estimate of drug-likeness (QED) is 0.0905. The van der Waals surface area contributed by atoms with Crippen LogP contribution in [0.4, 0.5) is 0 Å². The molecule has 3 nitrogen and oxygen atoms in total. The minimum atomic E-state index is -0.0217. The molecule has 0 radical (unpaired) electrons. The summed E-state index contributed by atoms with van der Waals surface area (Å²) in [5.74, 6) is 0. The third-order valence-electron chi connectivity index (χ3n) is 5.63. The highest BCUT2D eigenvalue weighted by molar-refractivity contribution is 4.80. The Labute approximate surface area is 189 Å². The third kappa shape index (κ3) is 23.9. The van der Waals surface area contributed by atoms with Gasteiger partial charge in [-0.15, -0.1) is 0 Å². The maximum atomic E-state index is 8.81. The standard InChI is InChI=1S/C27H54O3/c1-3-5-7-9-13-17-21-25-29-27(23-19-15-11-12-16-20-24-28)30-26-22-18-14-10-8-6-4-2/h12,16,27-28H,3-11,13-15,17-26H2,1-2H3/b16-12+. The fourth-order valence-corrected chi connectivity index (χ4v) is 3.65. The van der Waals surface area contributed by atoms with Gasteiger partial charge in [-0.05, 0) is 44.9 Å².